The van der Waals surface area contributed by atoms with Crippen molar-refractivity contribution in [2.24, 2.45) is 0 Å². The predicted molar refractivity (Wildman–Crippen MR) is 111 cm³/mol. The quantitative estimate of drug-likeness (QED) is 0.487. The van der Waals surface area contributed by atoms with Crippen molar-refractivity contribution in [1.82, 2.24) is 34.3 Å². The number of carbonyl (C=O) groups is 1. The summed E-state index contributed by atoms with van der Waals surface area (Å²) in [5, 5.41) is 12.6. The van der Waals surface area contributed by atoms with Crippen molar-refractivity contribution in [3.63, 3.8) is 0 Å². The van der Waals surface area contributed by atoms with E-state index >= 15 is 0 Å². The maximum absolute atomic E-state index is 12.8. The Kier molecular flexibility index (Phi) is 5.20. The van der Waals surface area contributed by atoms with E-state index in [9.17, 15) is 4.79 Å². The largest absolute Gasteiger partial charge is 0.324 e. The molecule has 1 aromatic carbocycles. The van der Waals surface area contributed by atoms with Gasteiger partial charge in [-0.05, 0) is 38.3 Å². The van der Waals surface area contributed by atoms with Crippen LogP contribution < -0.4 is 5.32 Å². The van der Waals surface area contributed by atoms with Gasteiger partial charge in [-0.2, -0.15) is 10.1 Å². The Morgan fingerprint density at radius 2 is 2.10 bits per heavy atom. The predicted octanol–water partition coefficient (Wildman–Crippen LogP) is 2.88. The lowest BCUT2D eigenvalue weighted by Crippen LogP contribution is -2.19. The van der Waals surface area contributed by atoms with Crippen LogP contribution in [0.4, 0.5) is 5.69 Å². The fourth-order valence-corrected chi connectivity index (χ4v) is 3.54. The highest BCUT2D eigenvalue weighted by atomic mass is 35.5. The van der Waals surface area contributed by atoms with Gasteiger partial charge in [-0.3, -0.25) is 4.79 Å². The number of aromatic nitrogens is 7. The topological polar surface area (TPSA) is 103 Å². The number of aryl methyl sites for hydroxylation is 2. The summed E-state index contributed by atoms with van der Waals surface area (Å²) < 4.78 is 3.23. The summed E-state index contributed by atoms with van der Waals surface area (Å²) in [5.74, 6) is 0.322. The molecule has 148 valence electrons. The zero-order valence-corrected chi connectivity index (χ0v) is 17.5. The molecule has 11 heteroatoms. The second kappa shape index (κ2) is 7.80. The van der Waals surface area contributed by atoms with Crippen molar-refractivity contribution < 1.29 is 4.79 Å². The molecule has 3 aromatic heterocycles. The van der Waals surface area contributed by atoms with Gasteiger partial charge in [0, 0.05) is 22.0 Å². The van der Waals surface area contributed by atoms with Gasteiger partial charge in [-0.1, -0.05) is 23.4 Å². The molecule has 1 amide bonds. The minimum absolute atomic E-state index is 0.137. The Bertz CT molecular complexity index is 1200. The average Bonchev–Trinajstić information content (AvgIpc) is 3.35. The minimum Gasteiger partial charge on any atom is -0.324 e. The summed E-state index contributed by atoms with van der Waals surface area (Å²) in [4.78, 5) is 25.6. The lowest BCUT2D eigenvalue weighted by molar-refractivity contribution is -0.115. The smallest absolute Gasteiger partial charge is 0.253 e. The maximum Gasteiger partial charge on any atom is 0.253 e. The van der Waals surface area contributed by atoms with Gasteiger partial charge in [0.25, 0.3) is 5.78 Å². The molecule has 3 heterocycles. The fourth-order valence-electron chi connectivity index (χ4n) is 3.03. The molecule has 0 atom stereocenters. The van der Waals surface area contributed by atoms with Crippen molar-refractivity contribution in [2.75, 3.05) is 11.6 Å². The van der Waals surface area contributed by atoms with Crippen LogP contribution in [0, 0.1) is 13.8 Å². The van der Waals surface area contributed by atoms with Crippen molar-refractivity contribution in [3.8, 4) is 5.69 Å². The van der Waals surface area contributed by atoms with Crippen molar-refractivity contribution >= 4 is 40.7 Å². The summed E-state index contributed by atoms with van der Waals surface area (Å²) in [7, 11) is 0. The first-order valence-electron chi connectivity index (χ1n) is 8.67. The number of rotatable bonds is 5. The first-order chi connectivity index (χ1) is 14.0. The van der Waals surface area contributed by atoms with Gasteiger partial charge >= 0.3 is 0 Å². The lowest BCUT2D eigenvalue weighted by atomic mass is 10.1. The van der Waals surface area contributed by atoms with Gasteiger partial charge in [-0.25, -0.2) is 19.2 Å². The molecule has 0 radical (unpaired) electrons. The molecule has 0 aliphatic heterocycles. The monoisotopic (exact) mass is 428 g/mol. The lowest BCUT2D eigenvalue weighted by Gasteiger charge is -2.13. The van der Waals surface area contributed by atoms with Crippen LogP contribution in [0.3, 0.4) is 0 Å². The van der Waals surface area contributed by atoms with Crippen molar-refractivity contribution in [1.29, 1.82) is 0 Å². The third-order valence-electron chi connectivity index (χ3n) is 4.45. The number of amides is 1. The third kappa shape index (κ3) is 3.81. The fraction of sp³-hybridized carbons (Fsp3) is 0.222. The van der Waals surface area contributed by atoms with Gasteiger partial charge < -0.3 is 5.32 Å². The Labute approximate surface area is 175 Å². The molecular weight excluding hydrogens is 412 g/mol. The van der Waals surface area contributed by atoms with Gasteiger partial charge in [0.05, 0.1) is 17.8 Å². The van der Waals surface area contributed by atoms with E-state index < -0.39 is 0 Å². The number of halogens is 1. The van der Waals surface area contributed by atoms with E-state index in [1.54, 1.807) is 33.7 Å². The van der Waals surface area contributed by atoms with Crippen molar-refractivity contribution in [3.05, 3.63) is 52.8 Å². The van der Waals surface area contributed by atoms with Crippen LogP contribution in [0.25, 0.3) is 11.5 Å². The summed E-state index contributed by atoms with van der Waals surface area (Å²) in [6, 6.07) is 5.18. The van der Waals surface area contributed by atoms with E-state index in [1.165, 1.54) is 18.1 Å². The zero-order valence-electron chi connectivity index (χ0n) is 15.9. The molecule has 9 nitrogen and oxygen atoms in total. The van der Waals surface area contributed by atoms with Gasteiger partial charge in [0.2, 0.25) is 11.1 Å². The molecule has 0 aliphatic carbocycles. The van der Waals surface area contributed by atoms with E-state index in [0.29, 0.717) is 27.3 Å². The molecule has 0 unspecified atom stereocenters. The van der Waals surface area contributed by atoms with Crippen LogP contribution in [-0.2, 0) is 11.2 Å². The minimum atomic E-state index is -0.203. The SMILES string of the molecule is CSc1nc2nc(C)c(CC(=O)Nc3cc(Cl)ccc3-n3cncn3)c(C)n2n1. The van der Waals surface area contributed by atoms with E-state index in [2.05, 4.69) is 30.5 Å². The Morgan fingerprint density at radius 3 is 2.83 bits per heavy atom. The number of hydrogen-bond acceptors (Lipinski definition) is 7. The van der Waals surface area contributed by atoms with Crippen LogP contribution in [-0.4, -0.2) is 46.5 Å². The van der Waals surface area contributed by atoms with Crippen LogP contribution in [0.15, 0.2) is 36.0 Å². The number of benzene rings is 1. The number of hydrogen-bond donors (Lipinski definition) is 1. The Balaban J connectivity index is 1.64. The highest BCUT2D eigenvalue weighted by molar-refractivity contribution is 7.98. The Hall–Kier alpha value is -2.98. The average molecular weight is 429 g/mol. The van der Waals surface area contributed by atoms with Crippen LogP contribution >= 0.6 is 23.4 Å². The standard InChI is InChI=1S/C18H17ClN8OS/c1-10-13(11(2)27-17(22-10)24-18(25-27)29-3)7-16(28)23-14-6-12(19)4-5-15(14)26-9-20-8-21-26/h4-6,8-9H,7H2,1-3H3,(H,23,28). The van der Waals surface area contributed by atoms with Crippen LogP contribution in [0.2, 0.25) is 5.02 Å². The van der Waals surface area contributed by atoms with Gasteiger partial charge in [0.15, 0.2) is 0 Å². The summed E-state index contributed by atoms with van der Waals surface area (Å²) in [5.41, 5.74) is 3.59. The molecule has 29 heavy (non-hydrogen) atoms. The number of carbonyl (C=O) groups excluding carboxylic acids is 1. The molecule has 4 aromatic rings. The van der Waals surface area contributed by atoms with Crippen molar-refractivity contribution in [2.45, 2.75) is 25.4 Å². The highest BCUT2D eigenvalue weighted by Gasteiger charge is 2.17. The van der Waals surface area contributed by atoms with Gasteiger partial charge in [-0.15, -0.1) is 5.10 Å². The number of thioether (sulfide) groups is 1. The molecule has 4 rings (SSSR count). The second-order valence-corrected chi connectivity index (χ2v) is 7.51. The highest BCUT2D eigenvalue weighted by Crippen LogP contribution is 2.25. The number of anilines is 1. The summed E-state index contributed by atoms with van der Waals surface area (Å²) >= 11 is 7.57. The molecule has 0 bridgehead atoms. The van der Waals surface area contributed by atoms with E-state index in [4.69, 9.17) is 11.6 Å². The maximum atomic E-state index is 12.8. The molecule has 0 saturated heterocycles. The summed E-state index contributed by atoms with van der Waals surface area (Å²) in [6.07, 6.45) is 5.02. The van der Waals surface area contributed by atoms with E-state index in [-0.39, 0.29) is 12.3 Å². The second-order valence-electron chi connectivity index (χ2n) is 6.30. The summed E-state index contributed by atoms with van der Waals surface area (Å²) in [6.45, 7) is 3.77. The molecule has 0 fully saturated rings. The number of nitrogens with one attached hydrogen (secondary N) is 1. The molecular formula is C18H17ClN8OS. The molecule has 0 spiro atoms. The molecule has 1 N–H and O–H groups in total. The molecule has 0 aliphatic rings. The third-order valence-corrected chi connectivity index (χ3v) is 5.22. The van der Waals surface area contributed by atoms with Gasteiger partial charge in [0.1, 0.15) is 12.7 Å². The normalized spacial score (nSPS) is 11.2. The first kappa shape index (κ1) is 19.3. The Morgan fingerprint density at radius 1 is 1.28 bits per heavy atom. The zero-order chi connectivity index (χ0) is 20.5. The first-order valence-corrected chi connectivity index (χ1v) is 10.3. The van der Waals surface area contributed by atoms with E-state index in [1.807, 2.05) is 20.1 Å². The number of fused-ring (bicyclic) bond motifs is 1. The van der Waals surface area contributed by atoms with E-state index in [0.717, 1.165) is 17.0 Å². The number of nitrogens with zero attached hydrogens (tertiary/aromatic N) is 7. The van der Waals surface area contributed by atoms with Crippen LogP contribution in [0.1, 0.15) is 17.0 Å². The molecule has 0 saturated carbocycles. The van der Waals surface area contributed by atoms with Crippen LogP contribution in [0.5, 0.6) is 0 Å².